The molecular formula is C14H15N5O3S. The first kappa shape index (κ1) is 16.6. The second kappa shape index (κ2) is 6.55. The Hall–Kier alpha value is -2.78. The zero-order valence-corrected chi connectivity index (χ0v) is 13.0. The lowest BCUT2D eigenvalue weighted by atomic mass is 10.2. The van der Waals surface area contributed by atoms with E-state index in [2.05, 4.69) is 10.3 Å². The van der Waals surface area contributed by atoms with Crippen LogP contribution >= 0.6 is 0 Å². The van der Waals surface area contributed by atoms with E-state index >= 15 is 0 Å². The van der Waals surface area contributed by atoms with Crippen molar-refractivity contribution in [3.63, 3.8) is 0 Å². The number of hydrogen-bond donors (Lipinski definition) is 3. The number of aromatic nitrogens is 3. The van der Waals surface area contributed by atoms with Crippen molar-refractivity contribution in [1.82, 2.24) is 15.0 Å². The predicted molar refractivity (Wildman–Crippen MR) is 85.8 cm³/mol. The Bertz CT molecular complexity index is 950. The molecule has 0 aliphatic rings. The van der Waals surface area contributed by atoms with E-state index in [1.165, 1.54) is 10.7 Å². The summed E-state index contributed by atoms with van der Waals surface area (Å²) in [6.07, 6.45) is 0. The molecule has 0 radical (unpaired) electrons. The number of hydrogen-bond acceptors (Lipinski definition) is 5. The maximum atomic E-state index is 10.6. The highest BCUT2D eigenvalue weighted by molar-refractivity contribution is 7.85. The molecule has 0 amide bonds. The molecule has 8 nitrogen and oxygen atoms in total. The van der Waals surface area contributed by atoms with E-state index in [9.17, 15) is 8.42 Å². The number of aryl methyl sites for hydroxylation is 1. The van der Waals surface area contributed by atoms with E-state index in [1.54, 1.807) is 25.1 Å². The Kier molecular flexibility index (Phi) is 4.72. The van der Waals surface area contributed by atoms with Gasteiger partial charge in [-0.15, -0.1) is 5.10 Å². The van der Waals surface area contributed by atoms with Crippen LogP contribution < -0.4 is 5.73 Å². The van der Waals surface area contributed by atoms with Crippen molar-refractivity contribution >= 4 is 27.1 Å². The minimum absolute atomic E-state index is 0.0278. The second-order valence-corrected chi connectivity index (χ2v) is 6.01. The molecule has 0 atom stereocenters. The lowest BCUT2D eigenvalue weighted by molar-refractivity contribution is 0.482. The van der Waals surface area contributed by atoms with Crippen LogP contribution in [0.4, 0.5) is 0 Å². The van der Waals surface area contributed by atoms with E-state index in [0.717, 1.165) is 11.0 Å². The quantitative estimate of drug-likeness (QED) is 0.350. The predicted octanol–water partition coefficient (Wildman–Crippen LogP) is 1.41. The average molecular weight is 333 g/mol. The molecule has 0 aliphatic carbocycles. The first-order valence-electron chi connectivity index (χ1n) is 6.48. The number of para-hydroxylation sites is 1. The van der Waals surface area contributed by atoms with Crippen LogP contribution in [0.25, 0.3) is 11.0 Å². The molecule has 0 bridgehead atoms. The third kappa shape index (κ3) is 3.90. The highest BCUT2D eigenvalue weighted by atomic mass is 32.2. The van der Waals surface area contributed by atoms with Gasteiger partial charge in [-0.2, -0.15) is 13.1 Å². The third-order valence-corrected chi connectivity index (χ3v) is 3.97. The Balaban J connectivity index is 0.000000168. The van der Waals surface area contributed by atoms with Crippen molar-refractivity contribution in [2.24, 2.45) is 5.73 Å². The standard InChI is InChI=1S/C7H7N5.C7H8O3S/c8-7(9)12-6-4-2-1-3-5(6)10-11-12;1-6-4-2-3-5-7(6)11(8,9)10/h1-4H,(H3,8,9);2-5H,1H3,(H,8,9,10). The molecule has 23 heavy (non-hydrogen) atoms. The van der Waals surface area contributed by atoms with E-state index in [1.807, 2.05) is 24.3 Å². The van der Waals surface area contributed by atoms with Crippen LogP contribution in [0, 0.1) is 12.3 Å². The molecule has 0 unspecified atom stereocenters. The summed E-state index contributed by atoms with van der Waals surface area (Å²) in [5, 5.41) is 14.7. The number of nitrogen functional groups attached to an aromatic ring is 1. The summed E-state index contributed by atoms with van der Waals surface area (Å²) in [6, 6.07) is 13.6. The fraction of sp³-hybridized carbons (Fsp3) is 0.0714. The van der Waals surface area contributed by atoms with Crippen LogP contribution in [0.3, 0.4) is 0 Å². The normalized spacial score (nSPS) is 10.9. The molecule has 2 aromatic carbocycles. The van der Waals surface area contributed by atoms with Gasteiger partial charge in [-0.05, 0) is 30.7 Å². The number of nitrogens with two attached hydrogens (primary N) is 1. The molecular weight excluding hydrogens is 318 g/mol. The van der Waals surface area contributed by atoms with Gasteiger partial charge in [0.2, 0.25) is 5.96 Å². The Morgan fingerprint density at radius 2 is 1.78 bits per heavy atom. The van der Waals surface area contributed by atoms with Gasteiger partial charge in [0.25, 0.3) is 10.1 Å². The largest absolute Gasteiger partial charge is 0.368 e. The molecule has 3 rings (SSSR count). The van der Waals surface area contributed by atoms with Gasteiger partial charge >= 0.3 is 0 Å². The Morgan fingerprint density at radius 1 is 1.17 bits per heavy atom. The van der Waals surface area contributed by atoms with Gasteiger partial charge in [-0.25, -0.2) is 0 Å². The van der Waals surface area contributed by atoms with Crippen LogP contribution in [0.5, 0.6) is 0 Å². The fourth-order valence-corrected chi connectivity index (χ4v) is 2.62. The molecule has 120 valence electrons. The van der Waals surface area contributed by atoms with Gasteiger partial charge in [0.1, 0.15) is 5.52 Å². The van der Waals surface area contributed by atoms with Gasteiger partial charge < -0.3 is 5.73 Å². The SMILES string of the molecule is Cc1ccccc1S(=O)(=O)O.N=C(N)n1nnc2ccccc21. The van der Waals surface area contributed by atoms with E-state index in [-0.39, 0.29) is 10.9 Å². The summed E-state index contributed by atoms with van der Waals surface area (Å²) in [5.74, 6) is -0.122. The van der Waals surface area contributed by atoms with Gasteiger partial charge in [0.15, 0.2) is 0 Å². The summed E-state index contributed by atoms with van der Waals surface area (Å²) < 4.78 is 31.1. The number of benzene rings is 2. The molecule has 4 N–H and O–H groups in total. The molecule has 0 fully saturated rings. The average Bonchev–Trinajstić information content (AvgIpc) is 2.91. The van der Waals surface area contributed by atoms with Crippen LogP contribution in [0.15, 0.2) is 53.4 Å². The Morgan fingerprint density at radius 3 is 2.35 bits per heavy atom. The van der Waals surface area contributed by atoms with E-state index in [0.29, 0.717) is 5.56 Å². The summed E-state index contributed by atoms with van der Waals surface area (Å²) in [4.78, 5) is -0.0278. The van der Waals surface area contributed by atoms with Gasteiger partial charge in [0.05, 0.1) is 10.4 Å². The van der Waals surface area contributed by atoms with Crippen LogP contribution in [-0.4, -0.2) is 33.9 Å². The molecule has 1 aromatic heterocycles. The van der Waals surface area contributed by atoms with Crippen molar-refractivity contribution in [3.8, 4) is 0 Å². The first-order valence-corrected chi connectivity index (χ1v) is 7.92. The smallest absolute Gasteiger partial charge is 0.294 e. The van der Waals surface area contributed by atoms with Crippen molar-refractivity contribution in [3.05, 3.63) is 54.1 Å². The molecule has 0 saturated heterocycles. The molecule has 0 spiro atoms. The highest BCUT2D eigenvalue weighted by Crippen LogP contribution is 2.12. The minimum Gasteiger partial charge on any atom is -0.368 e. The van der Waals surface area contributed by atoms with Crippen LogP contribution in [0.1, 0.15) is 5.56 Å². The molecule has 9 heteroatoms. The number of nitrogens with one attached hydrogen (secondary N) is 1. The van der Waals surface area contributed by atoms with Crippen LogP contribution in [0.2, 0.25) is 0 Å². The van der Waals surface area contributed by atoms with Crippen molar-refractivity contribution in [2.75, 3.05) is 0 Å². The Labute approximate surface area is 132 Å². The lowest BCUT2D eigenvalue weighted by Gasteiger charge is -1.99. The van der Waals surface area contributed by atoms with Crippen molar-refractivity contribution in [1.29, 1.82) is 5.41 Å². The minimum atomic E-state index is -4.03. The molecule has 3 aromatic rings. The van der Waals surface area contributed by atoms with E-state index < -0.39 is 10.1 Å². The first-order chi connectivity index (χ1) is 10.8. The highest BCUT2D eigenvalue weighted by Gasteiger charge is 2.10. The lowest BCUT2D eigenvalue weighted by Crippen LogP contribution is -2.21. The fourth-order valence-electron chi connectivity index (χ4n) is 1.89. The number of rotatable bonds is 1. The van der Waals surface area contributed by atoms with Crippen molar-refractivity contribution < 1.29 is 13.0 Å². The van der Waals surface area contributed by atoms with Gasteiger partial charge in [-0.3, -0.25) is 9.96 Å². The number of nitrogens with zero attached hydrogens (tertiary/aromatic N) is 3. The molecule has 0 saturated carbocycles. The third-order valence-electron chi connectivity index (χ3n) is 2.95. The summed E-state index contributed by atoms with van der Waals surface area (Å²) in [5.41, 5.74) is 7.32. The van der Waals surface area contributed by atoms with E-state index in [4.69, 9.17) is 15.7 Å². The molecule has 0 aliphatic heterocycles. The van der Waals surface area contributed by atoms with Gasteiger partial charge in [-0.1, -0.05) is 35.5 Å². The monoisotopic (exact) mass is 333 g/mol. The second-order valence-electron chi connectivity index (χ2n) is 4.62. The zero-order chi connectivity index (χ0) is 17.0. The van der Waals surface area contributed by atoms with Crippen molar-refractivity contribution in [2.45, 2.75) is 11.8 Å². The maximum absolute atomic E-state index is 10.6. The zero-order valence-electron chi connectivity index (χ0n) is 12.2. The molecule has 1 heterocycles. The topological polar surface area (TPSA) is 135 Å². The van der Waals surface area contributed by atoms with Crippen LogP contribution in [-0.2, 0) is 10.1 Å². The maximum Gasteiger partial charge on any atom is 0.294 e. The number of fused-ring (bicyclic) bond motifs is 1. The van der Waals surface area contributed by atoms with Gasteiger partial charge in [0, 0.05) is 0 Å². The summed E-state index contributed by atoms with van der Waals surface area (Å²) in [7, 11) is -4.03. The summed E-state index contributed by atoms with van der Waals surface area (Å²) >= 11 is 0. The summed E-state index contributed by atoms with van der Waals surface area (Å²) in [6.45, 7) is 1.63.